The van der Waals surface area contributed by atoms with Crippen LogP contribution in [0.3, 0.4) is 0 Å². The second kappa shape index (κ2) is 30.0. The maximum Gasteiger partial charge on any atom is 0.178 e. The fraction of sp³-hybridized carbons (Fsp3) is 0.234. The molecule has 0 aromatic heterocycles. The highest BCUT2D eigenvalue weighted by molar-refractivity contribution is 6.05. The molecule has 100 heavy (non-hydrogen) atoms. The quantitative estimate of drug-likeness (QED) is 0.0752. The molecule has 0 saturated carbocycles. The van der Waals surface area contributed by atoms with E-state index >= 15 is 0 Å². The predicted molar refractivity (Wildman–Crippen MR) is 418 cm³/mol. The number of methoxy groups -OCH3 is 1. The lowest BCUT2D eigenvalue weighted by Crippen LogP contribution is -2.36. The lowest BCUT2D eigenvalue weighted by molar-refractivity contribution is 0.122. The molecule has 500 valence electrons. The number of unbranched alkanes of at least 4 members (excludes halogenated alkanes) is 4. The molecule has 4 aliphatic rings. The fourth-order valence-electron chi connectivity index (χ4n) is 15.4. The molecule has 16 rings (SSSR count). The van der Waals surface area contributed by atoms with Crippen LogP contribution in [0.2, 0.25) is 0 Å². The van der Waals surface area contributed by atoms with Crippen molar-refractivity contribution in [2.24, 2.45) is 0 Å². The van der Waals surface area contributed by atoms with Crippen LogP contribution in [0.1, 0.15) is 116 Å². The van der Waals surface area contributed by atoms with E-state index in [0.29, 0.717) is 0 Å². The molecule has 2 saturated heterocycles. The van der Waals surface area contributed by atoms with Gasteiger partial charge in [0.2, 0.25) is 0 Å². The third-order valence-corrected chi connectivity index (χ3v) is 21.1. The molecule has 0 spiro atoms. The Balaban J connectivity index is 0.000000163. The van der Waals surface area contributed by atoms with Crippen LogP contribution in [0, 0.1) is 0 Å². The Kier molecular flexibility index (Phi) is 19.6. The van der Waals surface area contributed by atoms with E-state index < -0.39 is 11.2 Å². The zero-order valence-corrected chi connectivity index (χ0v) is 58.2. The smallest absolute Gasteiger partial charge is 0.178 e. The number of piperidine rings is 1. The molecule has 12 aromatic rings. The summed E-state index contributed by atoms with van der Waals surface area (Å²) in [6, 6.07) is 95.0. The van der Waals surface area contributed by atoms with Crippen LogP contribution < -0.4 is 24.0 Å². The number of hydrogen-bond donors (Lipinski definition) is 0. The molecular weight excluding hydrogens is 1220 g/mol. The van der Waals surface area contributed by atoms with E-state index in [1.165, 1.54) is 135 Å². The van der Waals surface area contributed by atoms with Crippen LogP contribution in [-0.4, -0.2) is 46.5 Å². The lowest BCUT2D eigenvalue weighted by Gasteiger charge is -2.37. The largest absolute Gasteiger partial charge is 0.497 e. The first kappa shape index (κ1) is 65.5. The van der Waals surface area contributed by atoms with Gasteiger partial charge in [0.25, 0.3) is 0 Å². The molecule has 6 nitrogen and oxygen atoms in total. The number of rotatable bonds is 19. The minimum atomic E-state index is -0.824. The summed E-state index contributed by atoms with van der Waals surface area (Å²) in [6.45, 7) is 10.1. The maximum atomic E-state index is 7.30. The summed E-state index contributed by atoms with van der Waals surface area (Å²) in [4.78, 5) is 4.90. The summed E-state index contributed by atoms with van der Waals surface area (Å²) in [5.41, 5.74) is 20.0. The van der Waals surface area contributed by atoms with E-state index in [2.05, 4.69) is 297 Å². The maximum absolute atomic E-state index is 7.30. The highest BCUT2D eigenvalue weighted by atomic mass is 16.5. The summed E-state index contributed by atoms with van der Waals surface area (Å²) in [6.07, 6.45) is 22.8. The van der Waals surface area contributed by atoms with Crippen LogP contribution in [0.25, 0.3) is 78.2 Å². The van der Waals surface area contributed by atoms with E-state index in [1.807, 2.05) is 12.1 Å². The number of benzene rings is 12. The molecule has 0 bridgehead atoms. The Morgan fingerprint density at radius 2 is 0.730 bits per heavy atom. The van der Waals surface area contributed by atoms with Gasteiger partial charge < -0.3 is 28.7 Å². The monoisotopic (exact) mass is 1310 g/mol. The van der Waals surface area contributed by atoms with E-state index in [4.69, 9.17) is 18.9 Å². The van der Waals surface area contributed by atoms with Crippen molar-refractivity contribution in [2.75, 3.05) is 56.3 Å². The number of ether oxygens (including phenoxy) is 4. The third-order valence-electron chi connectivity index (χ3n) is 21.1. The van der Waals surface area contributed by atoms with Crippen molar-refractivity contribution >= 4 is 45.1 Å². The van der Waals surface area contributed by atoms with Gasteiger partial charge in [-0.3, -0.25) is 0 Å². The Bertz CT molecular complexity index is 4800. The van der Waals surface area contributed by atoms with Crippen LogP contribution >= 0.6 is 0 Å². The van der Waals surface area contributed by atoms with Gasteiger partial charge in [-0.1, -0.05) is 252 Å². The van der Waals surface area contributed by atoms with Crippen molar-refractivity contribution in [3.8, 4) is 61.8 Å². The lowest BCUT2D eigenvalue weighted by atomic mass is 9.82. The SMILES string of the molecule is CCCCCc1ccc(-c2ccc(-c3cc4c(c5ccccc35)C=CC(c3ccc(OC)cc3)(c3ccc(N5CCOCC5)cc3)O4)cc2)cc1.CCCCCc1ccc(-c2ccc(-c3cc4c(c5ccccc35)C=CC(c3ccccc3)(c3ccc(N5CCCCC5)cc3)O4)cc2)cc1. The Morgan fingerprint density at radius 1 is 0.360 bits per heavy atom. The molecule has 2 fully saturated rings. The number of fused-ring (bicyclic) bond motifs is 6. The second-order valence-electron chi connectivity index (χ2n) is 27.4. The van der Waals surface area contributed by atoms with Gasteiger partial charge in [0, 0.05) is 70.9 Å². The first-order valence-corrected chi connectivity index (χ1v) is 36.6. The molecule has 0 radical (unpaired) electrons. The van der Waals surface area contributed by atoms with Gasteiger partial charge in [0.05, 0.1) is 20.3 Å². The van der Waals surface area contributed by atoms with Crippen LogP contribution in [0.15, 0.2) is 273 Å². The third kappa shape index (κ3) is 13.6. The van der Waals surface area contributed by atoms with Gasteiger partial charge in [-0.2, -0.15) is 0 Å². The molecule has 0 aliphatic carbocycles. The van der Waals surface area contributed by atoms with Crippen molar-refractivity contribution in [3.63, 3.8) is 0 Å². The molecule has 0 N–H and O–H groups in total. The molecule has 2 unspecified atom stereocenters. The number of aryl methyl sites for hydroxylation is 2. The normalized spacial score (nSPS) is 17.0. The predicted octanol–water partition coefficient (Wildman–Crippen LogP) is 23.3. The number of anilines is 2. The zero-order chi connectivity index (χ0) is 67.7. The molecule has 4 heterocycles. The van der Waals surface area contributed by atoms with E-state index in [1.54, 1.807) is 7.11 Å². The topological polar surface area (TPSA) is 43.4 Å². The summed E-state index contributed by atoms with van der Waals surface area (Å²) >= 11 is 0. The Morgan fingerprint density at radius 3 is 1.15 bits per heavy atom. The summed E-state index contributed by atoms with van der Waals surface area (Å²) in [5, 5.41) is 4.82. The Hall–Kier alpha value is -10.4. The van der Waals surface area contributed by atoms with E-state index in [-0.39, 0.29) is 0 Å². The molecule has 6 heteroatoms. The van der Waals surface area contributed by atoms with Crippen LogP contribution in [0.4, 0.5) is 11.4 Å². The van der Waals surface area contributed by atoms with Gasteiger partial charge in [-0.25, -0.2) is 0 Å². The van der Waals surface area contributed by atoms with Crippen molar-refractivity contribution in [2.45, 2.75) is 95.7 Å². The van der Waals surface area contributed by atoms with Crippen molar-refractivity contribution in [1.29, 1.82) is 0 Å². The van der Waals surface area contributed by atoms with Crippen LogP contribution in [-0.2, 0) is 28.8 Å². The van der Waals surface area contributed by atoms with Gasteiger partial charge in [0.1, 0.15) is 17.2 Å². The highest BCUT2D eigenvalue weighted by Crippen LogP contribution is 2.50. The number of nitrogens with zero attached hydrogens (tertiary/aromatic N) is 2. The standard InChI is InChI=1S/C47H45NO3.C47H45NO/c1-3-4-5-8-34-11-13-35(14-12-34)36-15-17-37(18-16-36)45-33-46-44(42-9-6-7-10-43(42)45)27-28-47(51-46,39-21-25-41(49-2)26-22-39)38-19-23-40(24-20-38)48-29-31-50-32-30-48;1-2-3-6-13-35-18-20-36(21-19-35)37-22-24-38(25-23-37)45-34-46-44(42-16-9-10-17-43(42)45)30-31-47(49-46,39-14-7-4-8-15-39)40-26-28-41(29-27-40)48-32-11-5-12-33-48/h6-7,9-28,33H,3-5,8,29-32H2,1-2H3;4,7-10,14-31,34H,2-3,5-6,11-13,32-33H2,1H3. The van der Waals surface area contributed by atoms with Crippen molar-refractivity contribution < 1.29 is 18.9 Å². The number of morpholine rings is 1. The first-order valence-electron chi connectivity index (χ1n) is 36.6. The van der Waals surface area contributed by atoms with Gasteiger partial charge in [-0.15, -0.1) is 0 Å². The molecular formula is C94H90N2O4. The van der Waals surface area contributed by atoms with Gasteiger partial charge >= 0.3 is 0 Å². The van der Waals surface area contributed by atoms with E-state index in [0.717, 1.165) is 114 Å². The number of hydrogen-bond acceptors (Lipinski definition) is 6. The first-order chi connectivity index (χ1) is 49.4. The fourth-order valence-corrected chi connectivity index (χ4v) is 15.4. The molecule has 0 amide bonds. The second-order valence-corrected chi connectivity index (χ2v) is 27.4. The van der Waals surface area contributed by atoms with Crippen molar-refractivity contribution in [1.82, 2.24) is 0 Å². The van der Waals surface area contributed by atoms with Gasteiger partial charge in [0.15, 0.2) is 11.2 Å². The zero-order valence-electron chi connectivity index (χ0n) is 58.2. The minimum Gasteiger partial charge on any atom is -0.497 e. The van der Waals surface area contributed by atoms with E-state index in [9.17, 15) is 0 Å². The molecule has 12 aromatic carbocycles. The van der Waals surface area contributed by atoms with Crippen molar-refractivity contribution in [3.05, 3.63) is 318 Å². The summed E-state index contributed by atoms with van der Waals surface area (Å²) in [7, 11) is 1.70. The summed E-state index contributed by atoms with van der Waals surface area (Å²) in [5.74, 6) is 2.58. The molecule has 4 aliphatic heterocycles. The van der Waals surface area contributed by atoms with Crippen LogP contribution in [0.5, 0.6) is 17.2 Å². The van der Waals surface area contributed by atoms with Gasteiger partial charge in [-0.05, 0) is 195 Å². The highest BCUT2D eigenvalue weighted by Gasteiger charge is 2.40. The average Bonchev–Trinajstić information content (AvgIpc) is 0.739. The average molecular weight is 1310 g/mol. The summed E-state index contributed by atoms with van der Waals surface area (Å²) < 4.78 is 25.7. The Labute approximate surface area is 591 Å². The molecule has 2 atom stereocenters. The minimum absolute atomic E-state index is 0.735.